The van der Waals surface area contributed by atoms with Crippen molar-refractivity contribution in [3.63, 3.8) is 0 Å². The first-order valence-corrected chi connectivity index (χ1v) is 8.77. The predicted molar refractivity (Wildman–Crippen MR) is 86.8 cm³/mol. The normalized spacial score (nSPS) is 15.2. The molecule has 0 spiro atoms. The van der Waals surface area contributed by atoms with Crippen molar-refractivity contribution in [2.75, 3.05) is 16.7 Å². The fraction of sp³-hybridized carbons (Fsp3) is 0.333. The Kier molecular flexibility index (Phi) is 3.85. The topological polar surface area (TPSA) is 84.3 Å². The largest absolute Gasteiger partial charge is 0.315 e. The standard InChI is InChI=1S/C15H18N4O3S/c1-18-9-8-14(16-18)17-23(21,22)12-6-7-13-11(10-12)4-3-5-15(20)19(13)2/h6-10H,3-5H2,1-2H3,(H,16,17). The molecule has 0 saturated heterocycles. The van der Waals surface area contributed by atoms with Gasteiger partial charge >= 0.3 is 0 Å². The third kappa shape index (κ3) is 3.07. The molecule has 0 bridgehead atoms. The smallest absolute Gasteiger partial charge is 0.263 e. The molecule has 23 heavy (non-hydrogen) atoms. The van der Waals surface area contributed by atoms with E-state index < -0.39 is 10.0 Å². The van der Waals surface area contributed by atoms with E-state index in [-0.39, 0.29) is 16.6 Å². The molecule has 1 aliphatic heterocycles. The average Bonchev–Trinajstić information content (AvgIpc) is 2.84. The monoisotopic (exact) mass is 334 g/mol. The molecule has 7 nitrogen and oxygen atoms in total. The van der Waals surface area contributed by atoms with Gasteiger partial charge in [0.15, 0.2) is 5.82 Å². The number of carbonyl (C=O) groups is 1. The summed E-state index contributed by atoms with van der Waals surface area (Å²) in [5, 5.41) is 4.02. The molecule has 2 aromatic rings. The second-order valence-corrected chi connectivity index (χ2v) is 7.26. The fourth-order valence-electron chi connectivity index (χ4n) is 2.65. The van der Waals surface area contributed by atoms with E-state index in [9.17, 15) is 13.2 Å². The summed E-state index contributed by atoms with van der Waals surface area (Å²) >= 11 is 0. The molecule has 0 unspecified atom stereocenters. The molecule has 122 valence electrons. The molecular formula is C15H18N4O3S. The molecule has 0 aliphatic carbocycles. The van der Waals surface area contributed by atoms with Gasteiger partial charge in [-0.2, -0.15) is 5.10 Å². The second kappa shape index (κ2) is 5.69. The minimum absolute atomic E-state index is 0.0472. The van der Waals surface area contributed by atoms with Crippen LogP contribution in [0.25, 0.3) is 0 Å². The first kappa shape index (κ1) is 15.5. The Morgan fingerprint density at radius 1 is 1.17 bits per heavy atom. The Morgan fingerprint density at radius 2 is 1.96 bits per heavy atom. The van der Waals surface area contributed by atoms with E-state index in [2.05, 4.69) is 9.82 Å². The van der Waals surface area contributed by atoms with Gasteiger partial charge in [0.05, 0.1) is 4.90 Å². The van der Waals surface area contributed by atoms with Crippen LogP contribution < -0.4 is 9.62 Å². The van der Waals surface area contributed by atoms with Crippen molar-refractivity contribution in [2.24, 2.45) is 7.05 Å². The van der Waals surface area contributed by atoms with Crippen LogP contribution in [0.5, 0.6) is 0 Å². The number of rotatable bonds is 3. The molecule has 0 atom stereocenters. The number of nitrogens with one attached hydrogen (secondary N) is 1. The molecule has 3 rings (SSSR count). The van der Waals surface area contributed by atoms with Crippen molar-refractivity contribution in [2.45, 2.75) is 24.2 Å². The lowest BCUT2D eigenvalue weighted by Gasteiger charge is -2.18. The van der Waals surface area contributed by atoms with Crippen LogP contribution in [-0.4, -0.2) is 31.2 Å². The van der Waals surface area contributed by atoms with Crippen molar-refractivity contribution < 1.29 is 13.2 Å². The van der Waals surface area contributed by atoms with Crippen LogP contribution in [0, 0.1) is 0 Å². The van der Waals surface area contributed by atoms with Gasteiger partial charge in [0, 0.05) is 38.5 Å². The summed E-state index contributed by atoms with van der Waals surface area (Å²) in [6.07, 6.45) is 3.53. The number of aromatic nitrogens is 2. The van der Waals surface area contributed by atoms with Crippen LogP contribution in [0.15, 0.2) is 35.4 Å². The van der Waals surface area contributed by atoms with E-state index in [0.29, 0.717) is 19.3 Å². The van der Waals surface area contributed by atoms with Gasteiger partial charge in [0.2, 0.25) is 5.91 Å². The third-order valence-corrected chi connectivity index (χ3v) is 5.24. The number of aryl methyl sites for hydroxylation is 2. The fourth-order valence-corrected chi connectivity index (χ4v) is 3.70. The maximum absolute atomic E-state index is 12.5. The molecular weight excluding hydrogens is 316 g/mol. The highest BCUT2D eigenvalue weighted by Gasteiger charge is 2.22. The Hall–Kier alpha value is -2.35. The summed E-state index contributed by atoms with van der Waals surface area (Å²) in [6.45, 7) is 0. The van der Waals surface area contributed by atoms with Gasteiger partial charge in [-0.15, -0.1) is 0 Å². The molecule has 8 heteroatoms. The highest BCUT2D eigenvalue weighted by molar-refractivity contribution is 7.92. The zero-order chi connectivity index (χ0) is 16.6. The summed E-state index contributed by atoms with van der Waals surface area (Å²) in [5.41, 5.74) is 1.63. The molecule has 1 N–H and O–H groups in total. The highest BCUT2D eigenvalue weighted by atomic mass is 32.2. The van der Waals surface area contributed by atoms with Crippen molar-refractivity contribution in [3.05, 3.63) is 36.0 Å². The maximum Gasteiger partial charge on any atom is 0.263 e. The summed E-state index contributed by atoms with van der Waals surface area (Å²) in [7, 11) is -0.275. The number of hydrogen-bond acceptors (Lipinski definition) is 4. The zero-order valence-corrected chi connectivity index (χ0v) is 13.8. The van der Waals surface area contributed by atoms with E-state index in [1.54, 1.807) is 43.4 Å². The SMILES string of the molecule is CN1C(=O)CCCc2cc(S(=O)(=O)Nc3ccn(C)n3)ccc21. The number of hydrogen-bond donors (Lipinski definition) is 1. The van der Waals surface area contributed by atoms with Crippen LogP contribution >= 0.6 is 0 Å². The van der Waals surface area contributed by atoms with E-state index in [1.807, 2.05) is 0 Å². The molecule has 2 heterocycles. The van der Waals surface area contributed by atoms with Crippen molar-refractivity contribution in [1.29, 1.82) is 0 Å². The number of sulfonamides is 1. The van der Waals surface area contributed by atoms with Crippen LogP contribution in [0.3, 0.4) is 0 Å². The Labute approximate surface area is 135 Å². The number of amides is 1. The summed E-state index contributed by atoms with van der Waals surface area (Å²) in [5.74, 6) is 0.320. The van der Waals surface area contributed by atoms with Gasteiger partial charge in [0.25, 0.3) is 10.0 Å². The maximum atomic E-state index is 12.5. The van der Waals surface area contributed by atoms with Crippen LogP contribution in [0.1, 0.15) is 18.4 Å². The number of anilines is 2. The number of benzene rings is 1. The van der Waals surface area contributed by atoms with Crippen LogP contribution in [-0.2, 0) is 28.3 Å². The molecule has 1 aromatic carbocycles. The van der Waals surface area contributed by atoms with E-state index in [0.717, 1.165) is 11.3 Å². The number of fused-ring (bicyclic) bond motifs is 1. The molecule has 1 aromatic heterocycles. The van der Waals surface area contributed by atoms with Crippen molar-refractivity contribution >= 4 is 27.4 Å². The number of carbonyl (C=O) groups excluding carboxylic acids is 1. The lowest BCUT2D eigenvalue weighted by Crippen LogP contribution is -2.25. The van der Waals surface area contributed by atoms with Gasteiger partial charge in [-0.3, -0.25) is 14.2 Å². The zero-order valence-electron chi connectivity index (χ0n) is 13.0. The molecule has 0 saturated carbocycles. The minimum atomic E-state index is -3.71. The summed E-state index contributed by atoms with van der Waals surface area (Å²) in [6, 6.07) is 6.42. The predicted octanol–water partition coefficient (Wildman–Crippen LogP) is 1.52. The van der Waals surface area contributed by atoms with Gasteiger partial charge in [-0.25, -0.2) is 8.42 Å². The Balaban J connectivity index is 1.94. The highest BCUT2D eigenvalue weighted by Crippen LogP contribution is 2.28. The first-order chi connectivity index (χ1) is 10.9. The third-order valence-electron chi connectivity index (χ3n) is 3.89. The van der Waals surface area contributed by atoms with Crippen molar-refractivity contribution in [3.8, 4) is 0 Å². The number of nitrogens with zero attached hydrogens (tertiary/aromatic N) is 3. The van der Waals surface area contributed by atoms with E-state index in [1.165, 1.54) is 10.7 Å². The summed E-state index contributed by atoms with van der Waals surface area (Å²) < 4.78 is 29.0. The Bertz CT molecular complexity index is 857. The molecule has 0 fully saturated rings. The lowest BCUT2D eigenvalue weighted by atomic mass is 10.1. The van der Waals surface area contributed by atoms with Gasteiger partial charge in [-0.05, 0) is 36.6 Å². The second-order valence-electron chi connectivity index (χ2n) is 5.58. The van der Waals surface area contributed by atoms with Crippen LogP contribution in [0.4, 0.5) is 11.5 Å². The van der Waals surface area contributed by atoms with Crippen LogP contribution in [0.2, 0.25) is 0 Å². The Morgan fingerprint density at radius 3 is 2.65 bits per heavy atom. The minimum Gasteiger partial charge on any atom is -0.315 e. The van der Waals surface area contributed by atoms with Gasteiger partial charge < -0.3 is 4.90 Å². The quantitative estimate of drug-likeness (QED) is 0.922. The van der Waals surface area contributed by atoms with Gasteiger partial charge in [0.1, 0.15) is 0 Å². The molecule has 0 radical (unpaired) electrons. The average molecular weight is 334 g/mol. The first-order valence-electron chi connectivity index (χ1n) is 7.29. The van der Waals surface area contributed by atoms with E-state index >= 15 is 0 Å². The van der Waals surface area contributed by atoms with E-state index in [4.69, 9.17) is 0 Å². The van der Waals surface area contributed by atoms with Gasteiger partial charge in [-0.1, -0.05) is 0 Å². The lowest BCUT2D eigenvalue weighted by molar-refractivity contribution is -0.118. The van der Waals surface area contributed by atoms with Crippen molar-refractivity contribution in [1.82, 2.24) is 9.78 Å². The molecule has 1 amide bonds. The summed E-state index contributed by atoms with van der Waals surface area (Å²) in [4.78, 5) is 13.6. The molecule has 1 aliphatic rings.